The topological polar surface area (TPSA) is 79.5 Å². The molecule has 0 bridgehead atoms. The fourth-order valence-electron chi connectivity index (χ4n) is 3.20. The van der Waals surface area contributed by atoms with Crippen molar-refractivity contribution in [3.05, 3.63) is 54.1 Å². The molecule has 7 heteroatoms. The van der Waals surface area contributed by atoms with Gasteiger partial charge in [0.25, 0.3) is 5.91 Å². The van der Waals surface area contributed by atoms with Crippen LogP contribution in [0.1, 0.15) is 29.6 Å². The molecule has 0 radical (unpaired) electrons. The highest BCUT2D eigenvalue weighted by Crippen LogP contribution is 2.21. The number of methoxy groups -OCH3 is 1. The number of hydrogen-bond donors (Lipinski definition) is 3. The summed E-state index contributed by atoms with van der Waals surface area (Å²) in [6.45, 7) is 2.01. The minimum Gasteiger partial charge on any atom is -0.497 e. The van der Waals surface area contributed by atoms with Gasteiger partial charge in [0.15, 0.2) is 0 Å². The summed E-state index contributed by atoms with van der Waals surface area (Å²) in [6.07, 6.45) is 2.43. The van der Waals surface area contributed by atoms with Crippen LogP contribution in [0.5, 0.6) is 5.75 Å². The van der Waals surface area contributed by atoms with Crippen LogP contribution in [0, 0.1) is 5.92 Å². The first-order valence-corrected chi connectivity index (χ1v) is 9.20. The zero-order valence-electron chi connectivity index (χ0n) is 15.9. The Morgan fingerprint density at radius 3 is 2.71 bits per heavy atom. The highest BCUT2D eigenvalue weighted by molar-refractivity contribution is 6.10. The summed E-state index contributed by atoms with van der Waals surface area (Å²) < 4.78 is 5.17. The van der Waals surface area contributed by atoms with Gasteiger partial charge in [-0.15, -0.1) is 12.4 Å². The summed E-state index contributed by atoms with van der Waals surface area (Å²) in [7, 11) is 1.58. The van der Waals surface area contributed by atoms with E-state index in [1.165, 1.54) is 0 Å². The zero-order chi connectivity index (χ0) is 19.1. The van der Waals surface area contributed by atoms with Crippen molar-refractivity contribution in [2.24, 2.45) is 5.92 Å². The number of anilines is 2. The van der Waals surface area contributed by atoms with Crippen molar-refractivity contribution in [2.75, 3.05) is 30.8 Å². The fraction of sp³-hybridized carbons (Fsp3) is 0.333. The third-order valence-corrected chi connectivity index (χ3v) is 4.72. The van der Waals surface area contributed by atoms with Gasteiger partial charge in [0.1, 0.15) is 5.75 Å². The first-order valence-electron chi connectivity index (χ1n) is 9.20. The molecule has 1 atom stereocenters. The second-order valence-electron chi connectivity index (χ2n) is 6.68. The lowest BCUT2D eigenvalue weighted by atomic mass is 10.0. The monoisotopic (exact) mass is 403 g/mol. The molecule has 1 aliphatic rings. The van der Waals surface area contributed by atoms with Crippen molar-refractivity contribution in [3.8, 4) is 5.75 Å². The highest BCUT2D eigenvalue weighted by atomic mass is 35.5. The van der Waals surface area contributed by atoms with Gasteiger partial charge in [-0.1, -0.05) is 18.2 Å². The number of halogens is 1. The van der Waals surface area contributed by atoms with Gasteiger partial charge < -0.3 is 20.7 Å². The number of benzene rings is 2. The van der Waals surface area contributed by atoms with Crippen molar-refractivity contribution in [1.82, 2.24) is 5.32 Å². The van der Waals surface area contributed by atoms with Crippen LogP contribution in [0.4, 0.5) is 11.4 Å². The second-order valence-corrected chi connectivity index (χ2v) is 6.68. The minimum atomic E-state index is -0.279. The minimum absolute atomic E-state index is 0. The highest BCUT2D eigenvalue weighted by Gasteiger charge is 2.17. The van der Waals surface area contributed by atoms with E-state index >= 15 is 0 Å². The molecule has 1 unspecified atom stereocenters. The Morgan fingerprint density at radius 1 is 1.14 bits per heavy atom. The fourth-order valence-corrected chi connectivity index (χ4v) is 3.20. The molecule has 2 aromatic rings. The molecular formula is C21H26ClN3O3. The zero-order valence-corrected chi connectivity index (χ0v) is 16.7. The number of carbonyl (C=O) groups is 2. The van der Waals surface area contributed by atoms with Gasteiger partial charge in [0.2, 0.25) is 5.91 Å². The molecule has 1 saturated heterocycles. The molecule has 0 spiro atoms. The molecule has 2 amide bonds. The van der Waals surface area contributed by atoms with Gasteiger partial charge in [0.05, 0.1) is 18.4 Å². The maximum Gasteiger partial charge on any atom is 0.257 e. The van der Waals surface area contributed by atoms with E-state index in [1.54, 1.807) is 49.6 Å². The lowest BCUT2D eigenvalue weighted by Crippen LogP contribution is -2.19. The average Bonchev–Trinajstić information content (AvgIpc) is 3.20. The van der Waals surface area contributed by atoms with E-state index in [2.05, 4.69) is 16.0 Å². The normalized spacial score (nSPS) is 15.4. The molecular weight excluding hydrogens is 378 g/mol. The van der Waals surface area contributed by atoms with Crippen LogP contribution in [0.3, 0.4) is 0 Å². The quantitative estimate of drug-likeness (QED) is 0.658. The van der Waals surface area contributed by atoms with E-state index in [0.29, 0.717) is 35.0 Å². The summed E-state index contributed by atoms with van der Waals surface area (Å²) in [5.74, 6) is 0.876. The Hall–Kier alpha value is -2.57. The third-order valence-electron chi connectivity index (χ3n) is 4.72. The summed E-state index contributed by atoms with van der Waals surface area (Å²) in [5.41, 5.74) is 1.58. The Balaban J connectivity index is 0.00000280. The standard InChI is InChI=1S/C21H25N3O3.ClH/c1-27-17-6-4-5-16(13-17)23-21(26)18-7-2-3-8-19(18)24-20(25)10-9-15-11-12-22-14-15;/h2-8,13,15,22H,9-12,14H2,1H3,(H,23,26)(H,24,25);1H. The van der Waals surface area contributed by atoms with Crippen molar-refractivity contribution >= 4 is 35.6 Å². The number of ether oxygens (including phenoxy) is 1. The maximum absolute atomic E-state index is 12.7. The van der Waals surface area contributed by atoms with Crippen LogP contribution in [0.2, 0.25) is 0 Å². The first kappa shape index (κ1) is 21.7. The molecule has 3 N–H and O–H groups in total. The van der Waals surface area contributed by atoms with Crippen LogP contribution in [-0.2, 0) is 4.79 Å². The molecule has 150 valence electrons. The number of amides is 2. The lowest BCUT2D eigenvalue weighted by Gasteiger charge is -2.13. The van der Waals surface area contributed by atoms with E-state index < -0.39 is 0 Å². The molecule has 0 saturated carbocycles. The largest absolute Gasteiger partial charge is 0.497 e. The number of para-hydroxylation sites is 1. The Morgan fingerprint density at radius 2 is 1.96 bits per heavy atom. The molecule has 2 aromatic carbocycles. The predicted molar refractivity (Wildman–Crippen MR) is 113 cm³/mol. The van der Waals surface area contributed by atoms with Gasteiger partial charge in [-0.3, -0.25) is 9.59 Å². The van der Waals surface area contributed by atoms with Gasteiger partial charge in [-0.25, -0.2) is 0 Å². The first-order chi connectivity index (χ1) is 13.2. The van der Waals surface area contributed by atoms with Crippen molar-refractivity contribution in [1.29, 1.82) is 0 Å². The molecule has 1 fully saturated rings. The third kappa shape index (κ3) is 5.97. The van der Waals surface area contributed by atoms with Gasteiger partial charge in [-0.2, -0.15) is 0 Å². The van der Waals surface area contributed by atoms with Gasteiger partial charge >= 0.3 is 0 Å². The number of rotatable bonds is 7. The molecule has 0 aromatic heterocycles. The van der Waals surface area contributed by atoms with E-state index in [-0.39, 0.29) is 24.2 Å². The number of nitrogens with one attached hydrogen (secondary N) is 3. The Bertz CT molecular complexity index is 807. The Kier molecular flexibility index (Phi) is 8.29. The number of carbonyl (C=O) groups excluding carboxylic acids is 2. The average molecular weight is 404 g/mol. The van der Waals surface area contributed by atoms with Gasteiger partial charge in [0, 0.05) is 18.2 Å². The summed E-state index contributed by atoms with van der Waals surface area (Å²) >= 11 is 0. The van der Waals surface area contributed by atoms with Crippen LogP contribution < -0.4 is 20.7 Å². The molecule has 1 aliphatic heterocycles. The summed E-state index contributed by atoms with van der Waals surface area (Å²) in [6, 6.07) is 14.2. The Labute approximate surface area is 171 Å². The van der Waals surface area contributed by atoms with E-state index in [0.717, 1.165) is 25.9 Å². The van der Waals surface area contributed by atoms with Crippen molar-refractivity contribution < 1.29 is 14.3 Å². The van der Waals surface area contributed by atoms with Crippen LogP contribution in [0.25, 0.3) is 0 Å². The van der Waals surface area contributed by atoms with Crippen molar-refractivity contribution in [3.63, 3.8) is 0 Å². The summed E-state index contributed by atoms with van der Waals surface area (Å²) in [4.78, 5) is 25.0. The SMILES string of the molecule is COc1cccc(NC(=O)c2ccccc2NC(=O)CCC2CCNC2)c1.Cl. The van der Waals surface area contributed by atoms with Crippen LogP contribution in [-0.4, -0.2) is 32.0 Å². The lowest BCUT2D eigenvalue weighted by molar-refractivity contribution is -0.116. The summed E-state index contributed by atoms with van der Waals surface area (Å²) in [5, 5.41) is 9.03. The van der Waals surface area contributed by atoms with Crippen LogP contribution in [0.15, 0.2) is 48.5 Å². The molecule has 28 heavy (non-hydrogen) atoms. The van der Waals surface area contributed by atoms with Gasteiger partial charge in [-0.05, 0) is 56.1 Å². The second kappa shape index (κ2) is 10.7. The predicted octanol–water partition coefficient (Wildman–Crippen LogP) is 3.70. The molecule has 1 heterocycles. The number of hydrogen-bond acceptors (Lipinski definition) is 4. The van der Waals surface area contributed by atoms with E-state index in [1.807, 2.05) is 6.07 Å². The molecule has 6 nitrogen and oxygen atoms in total. The van der Waals surface area contributed by atoms with E-state index in [9.17, 15) is 9.59 Å². The van der Waals surface area contributed by atoms with Crippen molar-refractivity contribution in [2.45, 2.75) is 19.3 Å². The van der Waals surface area contributed by atoms with Crippen LogP contribution >= 0.6 is 12.4 Å². The smallest absolute Gasteiger partial charge is 0.257 e. The van der Waals surface area contributed by atoms with E-state index in [4.69, 9.17) is 4.74 Å². The molecule has 3 rings (SSSR count). The maximum atomic E-state index is 12.7. The molecule has 0 aliphatic carbocycles.